The van der Waals surface area contributed by atoms with Crippen LogP contribution in [0.3, 0.4) is 0 Å². The topological polar surface area (TPSA) is 150 Å². The molecule has 1 aromatic carbocycles. The molecule has 0 heterocycles. The van der Waals surface area contributed by atoms with E-state index in [0.717, 1.165) is 12.2 Å². The highest BCUT2D eigenvalue weighted by Crippen LogP contribution is 2.35. The molecule has 0 aromatic heterocycles. The molecule has 0 unspecified atom stereocenters. The molecule has 276 valence electrons. The fourth-order valence-electron chi connectivity index (χ4n) is 4.19. The fourth-order valence-corrected chi connectivity index (χ4v) is 4.50. The maximum atomic E-state index is 10.5. The van der Waals surface area contributed by atoms with Gasteiger partial charge in [-0.05, 0) is 24.5 Å². The van der Waals surface area contributed by atoms with Gasteiger partial charge < -0.3 is 52.4 Å². The first-order valence-electron chi connectivity index (χ1n) is 17.1. The van der Waals surface area contributed by atoms with Crippen molar-refractivity contribution in [1.29, 1.82) is 0 Å². The summed E-state index contributed by atoms with van der Waals surface area (Å²) in [5, 5.41) is 0. The second-order valence-corrected chi connectivity index (χ2v) is 11.8. The van der Waals surface area contributed by atoms with Crippen LogP contribution in [0.5, 0.6) is 5.75 Å². The molecule has 0 atom stereocenters. The van der Waals surface area contributed by atoms with Crippen molar-refractivity contribution >= 4 is 7.82 Å². The average molecular weight is 697 g/mol. The number of aryl methyl sites for hydroxylation is 1. The zero-order valence-corrected chi connectivity index (χ0v) is 29.4. The molecule has 0 saturated carbocycles. The molecule has 2 N–H and O–H groups in total. The van der Waals surface area contributed by atoms with Crippen LogP contribution in [0, 0.1) is 0 Å². The second kappa shape index (κ2) is 33.3. The largest absolute Gasteiger partial charge is 0.491 e. The van der Waals surface area contributed by atoms with Gasteiger partial charge >= 0.3 is 7.82 Å². The summed E-state index contributed by atoms with van der Waals surface area (Å²) in [6.45, 7) is 9.60. The zero-order valence-electron chi connectivity index (χ0n) is 28.5. The Hall–Kier alpha value is -1.19. The smallest absolute Gasteiger partial charge is 0.469 e. The van der Waals surface area contributed by atoms with Crippen LogP contribution in [-0.4, -0.2) is 129 Å². The van der Waals surface area contributed by atoms with Crippen molar-refractivity contribution in [1.82, 2.24) is 0 Å². The first-order valence-corrected chi connectivity index (χ1v) is 18.6. The summed E-state index contributed by atoms with van der Waals surface area (Å²) in [4.78, 5) is 17.1. The highest BCUT2D eigenvalue weighted by Gasteiger charge is 2.12. The SMILES string of the molecule is CCCCCCCCCc1ccccc1OCCOCCOCCOCCOCCOCCOCCOCCOCCOP(=O)(O)O. The Labute approximate surface area is 282 Å². The van der Waals surface area contributed by atoms with Crippen LogP contribution in [0.1, 0.15) is 57.4 Å². The molecule has 47 heavy (non-hydrogen) atoms. The summed E-state index contributed by atoms with van der Waals surface area (Å²) in [6, 6.07) is 8.31. The molecule has 0 aliphatic heterocycles. The van der Waals surface area contributed by atoms with Crippen LogP contribution in [0.2, 0.25) is 0 Å². The van der Waals surface area contributed by atoms with Gasteiger partial charge in [-0.1, -0.05) is 63.6 Å². The Kier molecular flexibility index (Phi) is 31.1. The lowest BCUT2D eigenvalue weighted by atomic mass is 10.0. The minimum absolute atomic E-state index is 0.0813. The first-order chi connectivity index (χ1) is 23.0. The second-order valence-electron chi connectivity index (χ2n) is 10.6. The van der Waals surface area contributed by atoms with Gasteiger partial charge in [0.05, 0.1) is 112 Å². The minimum atomic E-state index is -4.44. The summed E-state index contributed by atoms with van der Waals surface area (Å²) in [5.74, 6) is 0.965. The first kappa shape index (κ1) is 43.8. The van der Waals surface area contributed by atoms with Crippen LogP contribution in [0.4, 0.5) is 0 Å². The molecule has 0 fully saturated rings. The van der Waals surface area contributed by atoms with E-state index in [1.54, 1.807) is 0 Å². The number of para-hydroxylation sites is 1. The van der Waals surface area contributed by atoms with Gasteiger partial charge in [0.2, 0.25) is 0 Å². The van der Waals surface area contributed by atoms with Gasteiger partial charge in [-0.25, -0.2) is 4.57 Å². The van der Waals surface area contributed by atoms with Crippen molar-refractivity contribution in [3.8, 4) is 5.75 Å². The number of hydrogen-bond acceptors (Lipinski definition) is 11. The zero-order chi connectivity index (χ0) is 33.9. The number of phosphoric ester groups is 1. The van der Waals surface area contributed by atoms with Crippen LogP contribution in [-0.2, 0) is 53.4 Å². The molecule has 0 saturated heterocycles. The summed E-state index contributed by atoms with van der Waals surface area (Å²) in [7, 11) is -4.44. The standard InChI is InChI=1S/C33H61O13P/c1-2-3-4-5-6-7-8-11-32-12-9-10-13-33(32)45-30-28-43-26-24-41-22-20-39-18-16-37-14-15-38-17-19-40-21-23-42-25-27-44-29-31-46-47(34,35)36/h9-10,12-13H,2-8,11,14-31H2,1H3,(H2,34,35,36). The van der Waals surface area contributed by atoms with Crippen molar-refractivity contribution in [3.63, 3.8) is 0 Å². The van der Waals surface area contributed by atoms with Crippen LogP contribution < -0.4 is 4.74 Å². The third-order valence-electron chi connectivity index (χ3n) is 6.60. The normalized spacial score (nSPS) is 11.8. The van der Waals surface area contributed by atoms with E-state index in [9.17, 15) is 4.57 Å². The van der Waals surface area contributed by atoms with E-state index in [-0.39, 0.29) is 13.2 Å². The third-order valence-corrected chi connectivity index (χ3v) is 7.12. The fraction of sp³-hybridized carbons (Fsp3) is 0.818. The molecular weight excluding hydrogens is 635 g/mol. The summed E-state index contributed by atoms with van der Waals surface area (Å²) in [6.07, 6.45) is 10.2. The molecule has 0 radical (unpaired) electrons. The predicted molar refractivity (Wildman–Crippen MR) is 178 cm³/mol. The van der Waals surface area contributed by atoms with Gasteiger partial charge in [-0.15, -0.1) is 0 Å². The molecule has 0 aliphatic carbocycles. The number of unbranched alkanes of at least 4 members (excludes halogenated alkanes) is 6. The van der Waals surface area contributed by atoms with Crippen molar-refractivity contribution in [2.24, 2.45) is 0 Å². The lowest BCUT2D eigenvalue weighted by Gasteiger charge is -2.12. The number of ether oxygens (including phenoxy) is 9. The van der Waals surface area contributed by atoms with Gasteiger partial charge in [-0.2, -0.15) is 0 Å². The maximum absolute atomic E-state index is 10.5. The molecule has 13 nitrogen and oxygen atoms in total. The Balaban J connectivity index is 1.76. The lowest BCUT2D eigenvalue weighted by Crippen LogP contribution is -2.15. The number of hydrogen-bond donors (Lipinski definition) is 2. The summed E-state index contributed by atoms with van der Waals surface area (Å²) in [5.41, 5.74) is 1.28. The van der Waals surface area contributed by atoms with Crippen molar-refractivity contribution in [2.75, 3.05) is 119 Å². The van der Waals surface area contributed by atoms with Gasteiger partial charge in [0.1, 0.15) is 12.4 Å². The average Bonchev–Trinajstić information content (AvgIpc) is 3.05. The van der Waals surface area contributed by atoms with Crippen molar-refractivity contribution < 1.29 is 61.5 Å². The van der Waals surface area contributed by atoms with Crippen LogP contribution in [0.25, 0.3) is 0 Å². The Bertz CT molecular complexity index is 843. The van der Waals surface area contributed by atoms with E-state index >= 15 is 0 Å². The van der Waals surface area contributed by atoms with Gasteiger partial charge in [0.15, 0.2) is 0 Å². The number of rotatable bonds is 37. The van der Waals surface area contributed by atoms with Gasteiger partial charge in [-0.3, -0.25) is 4.52 Å². The molecule has 0 bridgehead atoms. The highest BCUT2D eigenvalue weighted by molar-refractivity contribution is 7.46. The summed E-state index contributed by atoms with van der Waals surface area (Å²) >= 11 is 0. The van der Waals surface area contributed by atoms with Crippen LogP contribution >= 0.6 is 7.82 Å². The van der Waals surface area contributed by atoms with Crippen molar-refractivity contribution in [3.05, 3.63) is 29.8 Å². The van der Waals surface area contributed by atoms with E-state index in [0.29, 0.717) is 106 Å². The van der Waals surface area contributed by atoms with Gasteiger partial charge in [0.25, 0.3) is 0 Å². The monoisotopic (exact) mass is 696 g/mol. The Morgan fingerprint density at radius 1 is 0.489 bits per heavy atom. The molecular formula is C33H61O13P. The molecule has 0 amide bonds. The summed E-state index contributed by atoms with van der Waals surface area (Å²) < 4.78 is 64.2. The number of phosphoric acid groups is 1. The Morgan fingerprint density at radius 3 is 1.28 bits per heavy atom. The molecule has 14 heteroatoms. The third kappa shape index (κ3) is 31.8. The molecule has 1 aromatic rings. The quantitative estimate of drug-likeness (QED) is 0.0738. The predicted octanol–water partition coefficient (Wildman–Crippen LogP) is 4.60. The lowest BCUT2D eigenvalue weighted by molar-refractivity contribution is -0.0242. The number of benzene rings is 1. The van der Waals surface area contributed by atoms with Gasteiger partial charge in [0, 0.05) is 0 Å². The molecule has 1 rings (SSSR count). The Morgan fingerprint density at radius 2 is 0.851 bits per heavy atom. The molecule has 0 aliphatic rings. The van der Waals surface area contributed by atoms with E-state index in [2.05, 4.69) is 23.6 Å². The van der Waals surface area contributed by atoms with E-state index < -0.39 is 7.82 Å². The van der Waals surface area contributed by atoms with Crippen LogP contribution in [0.15, 0.2) is 24.3 Å². The highest BCUT2D eigenvalue weighted by atomic mass is 31.2. The maximum Gasteiger partial charge on any atom is 0.469 e. The van der Waals surface area contributed by atoms with E-state index in [1.807, 2.05) is 12.1 Å². The van der Waals surface area contributed by atoms with E-state index in [4.69, 9.17) is 52.4 Å². The van der Waals surface area contributed by atoms with E-state index in [1.165, 1.54) is 50.5 Å². The molecule has 0 spiro atoms. The van der Waals surface area contributed by atoms with Crippen molar-refractivity contribution in [2.45, 2.75) is 58.3 Å². The minimum Gasteiger partial charge on any atom is -0.491 e.